The summed E-state index contributed by atoms with van der Waals surface area (Å²) in [5, 5.41) is 10.5. The van der Waals surface area contributed by atoms with Gasteiger partial charge in [0.15, 0.2) is 23.3 Å². The van der Waals surface area contributed by atoms with Gasteiger partial charge in [-0.25, -0.2) is 0 Å². The summed E-state index contributed by atoms with van der Waals surface area (Å²) in [5.41, 5.74) is 2.98. The summed E-state index contributed by atoms with van der Waals surface area (Å²) < 4.78 is 15.9. The fraction of sp³-hybridized carbons (Fsp3) is 0.318. The highest BCUT2D eigenvalue weighted by atomic mass is 127. The van der Waals surface area contributed by atoms with Crippen molar-refractivity contribution in [1.29, 1.82) is 0 Å². The Labute approximate surface area is 199 Å². The highest BCUT2D eigenvalue weighted by molar-refractivity contribution is 14.0. The van der Waals surface area contributed by atoms with Gasteiger partial charge in [0.1, 0.15) is 0 Å². The Bertz CT molecular complexity index is 989. The first-order chi connectivity index (χ1) is 14.7. The zero-order chi connectivity index (χ0) is 21.3. The average Bonchev–Trinajstić information content (AvgIpc) is 3.28. The number of nitrogens with one attached hydrogen (secondary N) is 2. The maximum atomic E-state index is 5.34. The Morgan fingerprint density at radius 1 is 1.06 bits per heavy atom. The van der Waals surface area contributed by atoms with Crippen LogP contribution in [0.3, 0.4) is 0 Å². The van der Waals surface area contributed by atoms with Gasteiger partial charge >= 0.3 is 0 Å². The second-order valence-electron chi connectivity index (χ2n) is 6.51. The van der Waals surface area contributed by atoms with E-state index in [0.717, 1.165) is 30.6 Å². The van der Waals surface area contributed by atoms with Crippen LogP contribution in [0.4, 0.5) is 5.69 Å². The number of anilines is 1. The minimum Gasteiger partial charge on any atom is -0.493 e. The summed E-state index contributed by atoms with van der Waals surface area (Å²) >= 11 is 0. The molecular formula is C22H28IN5O3. The molecule has 0 spiro atoms. The van der Waals surface area contributed by atoms with Crippen molar-refractivity contribution in [3.63, 3.8) is 0 Å². The van der Waals surface area contributed by atoms with Crippen LogP contribution >= 0.6 is 24.0 Å². The molecule has 0 atom stereocenters. The second kappa shape index (κ2) is 12.1. The van der Waals surface area contributed by atoms with Crippen LogP contribution in [0.2, 0.25) is 0 Å². The molecule has 0 aliphatic rings. The number of aliphatic imine (C=N–C) groups is 1. The third kappa shape index (κ3) is 6.58. The summed E-state index contributed by atoms with van der Waals surface area (Å²) in [5.74, 6) is 3.28. The van der Waals surface area contributed by atoms with Crippen molar-refractivity contribution in [3.05, 3.63) is 53.9 Å². The molecule has 31 heavy (non-hydrogen) atoms. The number of ether oxygens (including phenoxy) is 2. The van der Waals surface area contributed by atoms with Crippen LogP contribution in [0.1, 0.15) is 18.3 Å². The van der Waals surface area contributed by atoms with E-state index in [1.807, 2.05) is 37.3 Å². The molecular weight excluding hydrogens is 509 g/mol. The number of halogens is 1. The molecule has 0 unspecified atom stereocenters. The van der Waals surface area contributed by atoms with Crippen molar-refractivity contribution >= 4 is 35.6 Å². The summed E-state index contributed by atoms with van der Waals surface area (Å²) in [7, 11) is 4.96. The first-order valence-corrected chi connectivity index (χ1v) is 9.78. The third-order valence-electron chi connectivity index (χ3n) is 4.56. The Balaban J connectivity index is 0.00000341. The molecule has 1 heterocycles. The minimum atomic E-state index is 0. The van der Waals surface area contributed by atoms with E-state index in [4.69, 9.17) is 14.0 Å². The lowest BCUT2D eigenvalue weighted by atomic mass is 10.1. The molecule has 3 rings (SSSR count). The summed E-state index contributed by atoms with van der Waals surface area (Å²) in [6.07, 6.45) is 1.60. The lowest BCUT2D eigenvalue weighted by Crippen LogP contribution is -2.32. The van der Waals surface area contributed by atoms with Crippen LogP contribution in [0.5, 0.6) is 11.5 Å². The van der Waals surface area contributed by atoms with E-state index in [-0.39, 0.29) is 24.0 Å². The Morgan fingerprint density at radius 2 is 1.81 bits per heavy atom. The normalized spacial score (nSPS) is 10.9. The molecule has 8 nitrogen and oxygen atoms in total. The van der Waals surface area contributed by atoms with Gasteiger partial charge < -0.3 is 24.6 Å². The largest absolute Gasteiger partial charge is 0.493 e. The van der Waals surface area contributed by atoms with Gasteiger partial charge in [0.2, 0.25) is 0 Å². The highest BCUT2D eigenvalue weighted by Gasteiger charge is 2.08. The maximum absolute atomic E-state index is 5.34. The molecule has 0 aliphatic heterocycles. The van der Waals surface area contributed by atoms with Crippen molar-refractivity contribution in [1.82, 2.24) is 15.5 Å². The third-order valence-corrected chi connectivity index (χ3v) is 4.56. The zero-order valence-electron chi connectivity index (χ0n) is 18.1. The summed E-state index contributed by atoms with van der Waals surface area (Å²) in [4.78, 5) is 8.63. The fourth-order valence-corrected chi connectivity index (χ4v) is 2.88. The number of benzene rings is 2. The van der Waals surface area contributed by atoms with Crippen molar-refractivity contribution in [3.8, 4) is 23.0 Å². The molecule has 0 aliphatic carbocycles. The van der Waals surface area contributed by atoms with Crippen molar-refractivity contribution < 1.29 is 14.0 Å². The number of hydrogen-bond acceptors (Lipinski definition) is 6. The topological polar surface area (TPSA) is 93.8 Å². The molecule has 2 aromatic carbocycles. The number of methoxy groups -OCH3 is 2. The van der Waals surface area contributed by atoms with Gasteiger partial charge in [-0.15, -0.1) is 24.0 Å². The van der Waals surface area contributed by atoms with E-state index in [9.17, 15) is 0 Å². The predicted molar refractivity (Wildman–Crippen MR) is 133 cm³/mol. The van der Waals surface area contributed by atoms with Crippen LogP contribution in [-0.2, 0) is 12.8 Å². The number of aromatic nitrogens is 2. The van der Waals surface area contributed by atoms with E-state index in [1.165, 1.54) is 5.56 Å². The summed E-state index contributed by atoms with van der Waals surface area (Å²) in [6.45, 7) is 2.73. The van der Waals surface area contributed by atoms with E-state index in [0.29, 0.717) is 29.2 Å². The van der Waals surface area contributed by atoms with Crippen LogP contribution in [-0.4, -0.2) is 43.9 Å². The maximum Gasteiger partial charge on any atom is 0.257 e. The molecule has 0 amide bonds. The van der Waals surface area contributed by atoms with Crippen LogP contribution in [0.25, 0.3) is 11.5 Å². The van der Waals surface area contributed by atoms with Crippen LogP contribution in [0, 0.1) is 0 Å². The standard InChI is InChI=1S/C22H27N5O3.HI/c1-5-20-26-21(30-27-20)16-8-6-15(7-9-16)12-13-24-22(23-2)25-17-10-11-18(28-3)19(14-17)29-4;/h6-11,14H,5,12-13H2,1-4H3,(H2,23,24,25);1H. The monoisotopic (exact) mass is 537 g/mol. The van der Waals surface area contributed by atoms with Crippen molar-refractivity contribution in [2.45, 2.75) is 19.8 Å². The molecule has 0 bridgehead atoms. The Kier molecular flexibility index (Phi) is 9.57. The predicted octanol–water partition coefficient (Wildman–Crippen LogP) is 4.16. The van der Waals surface area contributed by atoms with Gasteiger partial charge in [0.25, 0.3) is 5.89 Å². The molecule has 0 saturated carbocycles. The van der Waals surface area contributed by atoms with Gasteiger partial charge in [-0.1, -0.05) is 24.2 Å². The zero-order valence-corrected chi connectivity index (χ0v) is 20.5. The van der Waals surface area contributed by atoms with Crippen molar-refractivity contribution in [2.75, 3.05) is 33.1 Å². The van der Waals surface area contributed by atoms with E-state index < -0.39 is 0 Å². The smallest absolute Gasteiger partial charge is 0.257 e. The number of aryl methyl sites for hydroxylation is 1. The lowest BCUT2D eigenvalue weighted by Gasteiger charge is -2.14. The fourth-order valence-electron chi connectivity index (χ4n) is 2.88. The molecule has 0 saturated heterocycles. The molecule has 3 aromatic rings. The number of nitrogens with zero attached hydrogens (tertiary/aromatic N) is 3. The average molecular weight is 537 g/mol. The van der Waals surface area contributed by atoms with Gasteiger partial charge in [-0.05, 0) is 36.2 Å². The van der Waals surface area contributed by atoms with E-state index >= 15 is 0 Å². The SMILES string of the molecule is CCc1noc(-c2ccc(CCNC(=NC)Nc3ccc(OC)c(OC)c3)cc2)n1.I. The van der Waals surface area contributed by atoms with Crippen LogP contribution in [0.15, 0.2) is 52.0 Å². The molecule has 9 heteroatoms. The molecule has 0 radical (unpaired) electrons. The quantitative estimate of drug-likeness (QED) is 0.253. The molecule has 2 N–H and O–H groups in total. The first-order valence-electron chi connectivity index (χ1n) is 9.78. The van der Waals surface area contributed by atoms with Gasteiger partial charge in [-0.3, -0.25) is 4.99 Å². The van der Waals surface area contributed by atoms with Crippen LogP contribution < -0.4 is 20.1 Å². The van der Waals surface area contributed by atoms with Crippen molar-refractivity contribution in [2.24, 2.45) is 4.99 Å². The molecule has 166 valence electrons. The van der Waals surface area contributed by atoms with Gasteiger partial charge in [-0.2, -0.15) is 4.98 Å². The van der Waals surface area contributed by atoms with Gasteiger partial charge in [0.05, 0.1) is 14.2 Å². The number of hydrogen-bond donors (Lipinski definition) is 2. The van der Waals surface area contributed by atoms with Gasteiger partial charge in [0, 0.05) is 37.3 Å². The molecule has 1 aromatic heterocycles. The number of rotatable bonds is 8. The lowest BCUT2D eigenvalue weighted by molar-refractivity contribution is 0.355. The Morgan fingerprint density at radius 3 is 2.42 bits per heavy atom. The van der Waals surface area contributed by atoms with E-state index in [2.05, 4.69) is 37.9 Å². The minimum absolute atomic E-state index is 0. The molecule has 0 fully saturated rings. The van der Waals surface area contributed by atoms with E-state index in [1.54, 1.807) is 21.3 Å². The second-order valence-corrected chi connectivity index (χ2v) is 6.51. The highest BCUT2D eigenvalue weighted by Crippen LogP contribution is 2.29. The Hall–Kier alpha value is -2.82. The summed E-state index contributed by atoms with van der Waals surface area (Å²) in [6, 6.07) is 13.8. The first kappa shape index (κ1) is 24.4. The number of guanidine groups is 1.